The van der Waals surface area contributed by atoms with Gasteiger partial charge in [-0.25, -0.2) is 0 Å². The Morgan fingerprint density at radius 2 is 2.29 bits per heavy atom. The minimum atomic E-state index is -0.0376. The molecule has 0 aliphatic carbocycles. The first-order valence-corrected chi connectivity index (χ1v) is 6.23. The van der Waals surface area contributed by atoms with Gasteiger partial charge >= 0.3 is 0 Å². The summed E-state index contributed by atoms with van der Waals surface area (Å²) in [5.41, 5.74) is 5.70. The monoisotopic (exact) mass is 258 g/mol. The summed E-state index contributed by atoms with van der Waals surface area (Å²) in [6, 6.07) is 0. The van der Waals surface area contributed by atoms with Crippen LogP contribution in [0.25, 0.3) is 0 Å². The fraction of sp³-hybridized carbons (Fsp3) is 0.600. The van der Waals surface area contributed by atoms with Crippen LogP contribution in [0.2, 0.25) is 0 Å². The van der Waals surface area contributed by atoms with Crippen molar-refractivity contribution in [2.45, 2.75) is 13.8 Å². The molecule has 0 aliphatic rings. The van der Waals surface area contributed by atoms with Gasteiger partial charge in [-0.1, -0.05) is 0 Å². The van der Waals surface area contributed by atoms with Crippen molar-refractivity contribution in [3.8, 4) is 5.75 Å². The van der Waals surface area contributed by atoms with Crippen molar-refractivity contribution < 1.29 is 9.53 Å². The number of amides is 1. The maximum Gasteiger partial charge on any atom is 0.239 e. The summed E-state index contributed by atoms with van der Waals surface area (Å²) >= 11 is 1.23. The van der Waals surface area contributed by atoms with Gasteiger partial charge in [-0.15, -0.1) is 0 Å². The predicted molar refractivity (Wildman–Crippen MR) is 69.6 cm³/mol. The second-order valence-electron chi connectivity index (χ2n) is 3.44. The van der Waals surface area contributed by atoms with Crippen LogP contribution in [-0.2, 0) is 4.79 Å². The zero-order valence-electron chi connectivity index (χ0n) is 10.3. The number of anilines is 2. The molecule has 3 N–H and O–H groups in total. The molecule has 0 aliphatic heterocycles. The summed E-state index contributed by atoms with van der Waals surface area (Å²) in [7, 11) is 1.81. The quantitative estimate of drug-likeness (QED) is 0.785. The number of likely N-dealkylation sites (N-methyl/N-ethyl adjacent to an activating group) is 2. The maximum absolute atomic E-state index is 11.5. The van der Waals surface area contributed by atoms with Gasteiger partial charge in [0.1, 0.15) is 0 Å². The normalized spacial score (nSPS) is 10.1. The predicted octanol–water partition coefficient (Wildman–Crippen LogP) is 0.696. The van der Waals surface area contributed by atoms with Crippen LogP contribution in [-0.4, -0.2) is 37.0 Å². The van der Waals surface area contributed by atoms with Gasteiger partial charge in [-0.3, -0.25) is 4.79 Å². The minimum Gasteiger partial charge on any atom is -0.487 e. The smallest absolute Gasteiger partial charge is 0.239 e. The van der Waals surface area contributed by atoms with Crippen LogP contribution < -0.4 is 20.7 Å². The molecule has 0 aromatic carbocycles. The summed E-state index contributed by atoms with van der Waals surface area (Å²) in [6.07, 6.45) is 0. The van der Waals surface area contributed by atoms with E-state index in [9.17, 15) is 4.79 Å². The second-order valence-corrected chi connectivity index (χ2v) is 4.20. The largest absolute Gasteiger partial charge is 0.487 e. The Morgan fingerprint density at radius 1 is 1.59 bits per heavy atom. The van der Waals surface area contributed by atoms with E-state index in [-0.39, 0.29) is 12.5 Å². The zero-order chi connectivity index (χ0) is 12.8. The lowest BCUT2D eigenvalue weighted by atomic mass is 10.4. The molecule has 1 heterocycles. The van der Waals surface area contributed by atoms with Gasteiger partial charge in [0.2, 0.25) is 5.91 Å². The summed E-state index contributed by atoms with van der Waals surface area (Å²) in [5.74, 6) is 0.892. The molecule has 6 nitrogen and oxygen atoms in total. The zero-order valence-corrected chi connectivity index (χ0v) is 11.1. The van der Waals surface area contributed by atoms with Gasteiger partial charge in [-0.2, -0.15) is 4.37 Å². The molecule has 0 saturated carbocycles. The molecule has 96 valence electrons. The van der Waals surface area contributed by atoms with E-state index in [4.69, 9.17) is 10.5 Å². The third kappa shape index (κ3) is 3.48. The fourth-order valence-corrected chi connectivity index (χ4v) is 2.07. The lowest BCUT2D eigenvalue weighted by Gasteiger charge is -2.17. The first-order chi connectivity index (χ1) is 8.10. The summed E-state index contributed by atoms with van der Waals surface area (Å²) in [5, 5.41) is 3.51. The molecule has 1 rings (SSSR count). The van der Waals surface area contributed by atoms with Gasteiger partial charge in [0.15, 0.2) is 16.6 Å². The molecular weight excluding hydrogens is 240 g/mol. The third-order valence-corrected chi connectivity index (χ3v) is 3.01. The van der Waals surface area contributed by atoms with Crippen LogP contribution in [0.3, 0.4) is 0 Å². The maximum atomic E-state index is 11.5. The van der Waals surface area contributed by atoms with E-state index in [0.717, 1.165) is 5.00 Å². The van der Waals surface area contributed by atoms with Crippen LogP contribution in [0.5, 0.6) is 5.75 Å². The highest BCUT2D eigenvalue weighted by molar-refractivity contribution is 7.11. The van der Waals surface area contributed by atoms with Crippen LogP contribution in [0.1, 0.15) is 13.8 Å². The van der Waals surface area contributed by atoms with Crippen molar-refractivity contribution in [3.05, 3.63) is 0 Å². The van der Waals surface area contributed by atoms with Crippen LogP contribution in [0.4, 0.5) is 10.8 Å². The van der Waals surface area contributed by atoms with Gasteiger partial charge < -0.3 is 20.7 Å². The molecule has 1 aromatic heterocycles. The Kier molecular flexibility index (Phi) is 5.02. The number of hydrogen-bond acceptors (Lipinski definition) is 6. The number of hydrogen-bond donors (Lipinski definition) is 2. The fourth-order valence-electron chi connectivity index (χ4n) is 1.35. The molecule has 0 atom stereocenters. The van der Waals surface area contributed by atoms with E-state index in [1.54, 1.807) is 4.90 Å². The number of nitrogens with one attached hydrogen (secondary N) is 1. The van der Waals surface area contributed by atoms with Crippen molar-refractivity contribution in [2.75, 3.05) is 37.4 Å². The van der Waals surface area contributed by atoms with E-state index < -0.39 is 0 Å². The average Bonchev–Trinajstić information content (AvgIpc) is 2.61. The molecular formula is C10H18N4O2S. The number of nitrogens with zero attached hydrogens (tertiary/aromatic N) is 2. The van der Waals surface area contributed by atoms with E-state index >= 15 is 0 Å². The molecule has 7 heteroatoms. The van der Waals surface area contributed by atoms with Gasteiger partial charge in [0, 0.05) is 13.6 Å². The molecule has 1 aromatic rings. The van der Waals surface area contributed by atoms with Crippen molar-refractivity contribution in [1.29, 1.82) is 0 Å². The second kappa shape index (κ2) is 6.29. The van der Waals surface area contributed by atoms with Gasteiger partial charge in [-0.05, 0) is 25.4 Å². The SMILES string of the molecule is CCNC(=O)CN(C)c1snc(N)c1OCC. The highest BCUT2D eigenvalue weighted by Gasteiger charge is 2.18. The number of nitrogen functional groups attached to an aromatic ring is 1. The van der Waals surface area contributed by atoms with E-state index in [1.807, 2.05) is 20.9 Å². The molecule has 0 fully saturated rings. The average molecular weight is 258 g/mol. The first-order valence-electron chi connectivity index (χ1n) is 5.45. The molecule has 0 unspecified atom stereocenters. The molecule has 0 radical (unpaired) electrons. The van der Waals surface area contributed by atoms with Crippen molar-refractivity contribution in [2.24, 2.45) is 0 Å². The van der Waals surface area contributed by atoms with Crippen molar-refractivity contribution >= 4 is 28.3 Å². The lowest BCUT2D eigenvalue weighted by molar-refractivity contribution is -0.119. The summed E-state index contributed by atoms with van der Waals surface area (Å²) in [4.78, 5) is 13.2. The van der Waals surface area contributed by atoms with E-state index in [1.165, 1.54) is 11.5 Å². The molecule has 0 spiro atoms. The standard InChI is InChI=1S/C10H18N4O2S/c1-4-12-7(15)6-14(3)10-8(16-5-2)9(11)13-17-10/h4-6H2,1-3H3,(H2,11,13)(H,12,15). The molecule has 0 bridgehead atoms. The topological polar surface area (TPSA) is 80.5 Å². The van der Waals surface area contributed by atoms with E-state index in [0.29, 0.717) is 24.7 Å². The number of aromatic nitrogens is 1. The Morgan fingerprint density at radius 3 is 2.88 bits per heavy atom. The number of carbonyl (C=O) groups is 1. The Labute approximate surface area is 105 Å². The summed E-state index contributed by atoms with van der Waals surface area (Å²) in [6.45, 7) is 5.16. The first kappa shape index (κ1) is 13.6. The van der Waals surface area contributed by atoms with E-state index in [2.05, 4.69) is 9.69 Å². The third-order valence-electron chi connectivity index (χ3n) is 2.05. The Bertz CT molecular complexity index is 380. The van der Waals surface area contributed by atoms with Gasteiger partial charge in [0.05, 0.1) is 13.2 Å². The van der Waals surface area contributed by atoms with Crippen LogP contribution >= 0.6 is 11.5 Å². The number of ether oxygens (including phenoxy) is 1. The Balaban J connectivity index is 2.74. The van der Waals surface area contributed by atoms with Crippen molar-refractivity contribution in [3.63, 3.8) is 0 Å². The summed E-state index contributed by atoms with van der Waals surface area (Å²) < 4.78 is 9.45. The number of nitrogens with two attached hydrogens (primary N) is 1. The Hall–Kier alpha value is -1.50. The lowest BCUT2D eigenvalue weighted by Crippen LogP contribution is -2.34. The number of rotatable bonds is 6. The highest BCUT2D eigenvalue weighted by atomic mass is 32.1. The number of carbonyl (C=O) groups excluding carboxylic acids is 1. The van der Waals surface area contributed by atoms with Crippen LogP contribution in [0, 0.1) is 0 Å². The molecule has 1 amide bonds. The van der Waals surface area contributed by atoms with Crippen LogP contribution in [0.15, 0.2) is 0 Å². The molecule has 17 heavy (non-hydrogen) atoms. The van der Waals surface area contributed by atoms with Gasteiger partial charge in [0.25, 0.3) is 0 Å². The minimum absolute atomic E-state index is 0.0376. The van der Waals surface area contributed by atoms with Crippen molar-refractivity contribution in [1.82, 2.24) is 9.69 Å². The molecule has 0 saturated heterocycles. The highest BCUT2D eigenvalue weighted by Crippen LogP contribution is 2.37.